The van der Waals surface area contributed by atoms with Crippen molar-refractivity contribution in [1.82, 2.24) is 4.57 Å². The van der Waals surface area contributed by atoms with Gasteiger partial charge in [-0.15, -0.1) is 13.2 Å². The third kappa shape index (κ3) is 4.99. The van der Waals surface area contributed by atoms with Gasteiger partial charge in [0.25, 0.3) is 16.8 Å². The number of alkyl halides is 3. The lowest BCUT2D eigenvalue weighted by molar-refractivity contribution is -0.274. The van der Waals surface area contributed by atoms with Crippen molar-refractivity contribution in [3.05, 3.63) is 77.2 Å². The molecule has 3 aromatic rings. The topological polar surface area (TPSA) is 80.6 Å². The molecule has 146 valence electrons. The first-order valence-electron chi connectivity index (χ1n) is 7.78. The maximum atomic E-state index is 12.3. The fourth-order valence-corrected chi connectivity index (χ4v) is 2.84. The molecule has 0 saturated carbocycles. The molecular formula is C18H13F3N2O4S. The number of hydrogen-bond donors (Lipinski definition) is 2. The summed E-state index contributed by atoms with van der Waals surface area (Å²) >= 11 is -2.18. The first kappa shape index (κ1) is 19.6. The molecule has 0 aliphatic carbocycles. The Morgan fingerprint density at radius 2 is 1.54 bits per heavy atom. The molecule has 1 atom stereocenters. The number of anilines is 1. The van der Waals surface area contributed by atoms with Crippen LogP contribution in [-0.2, 0) is 11.3 Å². The molecule has 2 aromatic carbocycles. The summed E-state index contributed by atoms with van der Waals surface area (Å²) in [4.78, 5) is 12.2. The predicted octanol–water partition coefficient (Wildman–Crippen LogP) is 3.95. The Balaban J connectivity index is 1.89. The highest BCUT2D eigenvalue weighted by molar-refractivity contribution is 7.80. The van der Waals surface area contributed by atoms with Gasteiger partial charge in [-0.2, -0.15) is 0 Å². The molecule has 28 heavy (non-hydrogen) atoms. The smallest absolute Gasteiger partial charge is 0.406 e. The molecule has 6 nitrogen and oxygen atoms in total. The van der Waals surface area contributed by atoms with Crippen LogP contribution in [0.5, 0.6) is 5.75 Å². The molecule has 1 aromatic heterocycles. The SMILES string of the molecule is O=c1ccc(-c2ccc(NS(=O)O)cc2)cn1-c1ccc(OC(F)(F)F)cc1. The summed E-state index contributed by atoms with van der Waals surface area (Å²) in [6, 6.07) is 14.5. The third-order valence-electron chi connectivity index (χ3n) is 3.68. The van der Waals surface area contributed by atoms with Crippen molar-refractivity contribution in [2.45, 2.75) is 6.36 Å². The maximum absolute atomic E-state index is 12.3. The summed E-state index contributed by atoms with van der Waals surface area (Å²) < 4.78 is 63.8. The Bertz CT molecular complexity index is 1050. The predicted molar refractivity (Wildman–Crippen MR) is 98.6 cm³/mol. The normalized spacial score (nSPS) is 12.4. The summed E-state index contributed by atoms with van der Waals surface area (Å²) in [5, 5.41) is 0. The van der Waals surface area contributed by atoms with Gasteiger partial charge in [0.05, 0.1) is 0 Å². The van der Waals surface area contributed by atoms with Crippen molar-refractivity contribution in [2.75, 3.05) is 4.72 Å². The van der Waals surface area contributed by atoms with Crippen molar-refractivity contribution in [2.24, 2.45) is 0 Å². The number of halogens is 3. The fraction of sp³-hybridized carbons (Fsp3) is 0.0556. The Morgan fingerprint density at radius 3 is 2.11 bits per heavy atom. The van der Waals surface area contributed by atoms with Crippen molar-refractivity contribution >= 4 is 17.0 Å². The fourth-order valence-electron chi connectivity index (χ4n) is 2.50. The van der Waals surface area contributed by atoms with Crippen LogP contribution >= 0.6 is 0 Å². The van der Waals surface area contributed by atoms with Crippen molar-refractivity contribution in [3.63, 3.8) is 0 Å². The molecule has 2 N–H and O–H groups in total. The lowest BCUT2D eigenvalue weighted by Crippen LogP contribution is -2.18. The molecule has 0 aliphatic rings. The minimum Gasteiger partial charge on any atom is -0.406 e. The second-order valence-electron chi connectivity index (χ2n) is 5.60. The highest BCUT2D eigenvalue weighted by Gasteiger charge is 2.30. The molecule has 0 saturated heterocycles. The van der Waals surface area contributed by atoms with Gasteiger partial charge in [0.15, 0.2) is 0 Å². The number of nitrogens with zero attached hydrogens (tertiary/aromatic N) is 1. The van der Waals surface area contributed by atoms with Gasteiger partial charge < -0.3 is 4.74 Å². The zero-order chi connectivity index (χ0) is 20.3. The van der Waals surface area contributed by atoms with Gasteiger partial charge in [-0.25, -0.2) is 4.21 Å². The number of pyridine rings is 1. The largest absolute Gasteiger partial charge is 0.573 e. The highest BCUT2D eigenvalue weighted by atomic mass is 32.2. The van der Waals surface area contributed by atoms with Gasteiger partial charge in [0.2, 0.25) is 0 Å². The van der Waals surface area contributed by atoms with Gasteiger partial charge in [0, 0.05) is 23.6 Å². The van der Waals surface area contributed by atoms with E-state index in [1.54, 1.807) is 36.5 Å². The second-order valence-corrected chi connectivity index (χ2v) is 6.30. The van der Waals surface area contributed by atoms with E-state index in [0.717, 1.165) is 17.7 Å². The molecular weight excluding hydrogens is 397 g/mol. The van der Waals surface area contributed by atoms with Crippen molar-refractivity contribution < 1.29 is 26.7 Å². The van der Waals surface area contributed by atoms with E-state index in [9.17, 15) is 22.2 Å². The monoisotopic (exact) mass is 410 g/mol. The van der Waals surface area contributed by atoms with E-state index in [1.807, 2.05) is 0 Å². The van der Waals surface area contributed by atoms with Gasteiger partial charge in [-0.05, 0) is 53.6 Å². The summed E-state index contributed by atoms with van der Waals surface area (Å²) in [6.07, 6.45) is -3.24. The van der Waals surface area contributed by atoms with Gasteiger partial charge in [-0.1, -0.05) is 12.1 Å². The lowest BCUT2D eigenvalue weighted by atomic mass is 10.1. The summed E-state index contributed by atoms with van der Waals surface area (Å²) in [5.41, 5.74) is 1.86. The molecule has 1 heterocycles. The van der Waals surface area contributed by atoms with Crippen LogP contribution < -0.4 is 15.0 Å². The number of hydrogen-bond acceptors (Lipinski definition) is 3. The van der Waals surface area contributed by atoms with E-state index in [-0.39, 0.29) is 11.3 Å². The molecule has 10 heteroatoms. The molecule has 0 spiro atoms. The van der Waals surface area contributed by atoms with E-state index in [1.165, 1.54) is 22.8 Å². The summed E-state index contributed by atoms with van der Waals surface area (Å²) in [5.74, 6) is -0.384. The summed E-state index contributed by atoms with van der Waals surface area (Å²) in [6.45, 7) is 0. The van der Waals surface area contributed by atoms with Crippen LogP contribution in [0.25, 0.3) is 16.8 Å². The third-order valence-corrected chi connectivity index (χ3v) is 4.09. The van der Waals surface area contributed by atoms with E-state index >= 15 is 0 Å². The average Bonchev–Trinajstić information content (AvgIpc) is 2.62. The molecule has 0 fully saturated rings. The molecule has 1 unspecified atom stereocenters. The van der Waals surface area contributed by atoms with E-state index in [0.29, 0.717) is 16.9 Å². The first-order valence-corrected chi connectivity index (χ1v) is 8.89. The summed E-state index contributed by atoms with van der Waals surface area (Å²) in [7, 11) is 0. The Hall–Kier alpha value is -3.11. The zero-order valence-electron chi connectivity index (χ0n) is 14.0. The average molecular weight is 410 g/mol. The Labute approximate surface area is 159 Å². The zero-order valence-corrected chi connectivity index (χ0v) is 14.8. The molecule has 0 radical (unpaired) electrons. The van der Waals surface area contributed by atoms with Crippen LogP contribution in [0.3, 0.4) is 0 Å². The van der Waals surface area contributed by atoms with Crippen LogP contribution in [0.4, 0.5) is 18.9 Å². The van der Waals surface area contributed by atoms with Crippen LogP contribution in [-0.4, -0.2) is 19.7 Å². The van der Waals surface area contributed by atoms with Crippen LogP contribution in [0, 0.1) is 0 Å². The number of aromatic nitrogens is 1. The van der Waals surface area contributed by atoms with Crippen LogP contribution in [0.15, 0.2) is 71.7 Å². The molecule has 0 aliphatic heterocycles. The number of ether oxygens (including phenoxy) is 1. The van der Waals surface area contributed by atoms with Gasteiger partial charge in [-0.3, -0.25) is 18.6 Å². The number of rotatable bonds is 5. The molecule has 3 rings (SSSR count). The first-order chi connectivity index (χ1) is 13.2. The van der Waals surface area contributed by atoms with Crippen LogP contribution in [0.1, 0.15) is 0 Å². The quantitative estimate of drug-likeness (QED) is 0.624. The van der Waals surface area contributed by atoms with Crippen LogP contribution in [0.2, 0.25) is 0 Å². The Morgan fingerprint density at radius 1 is 0.929 bits per heavy atom. The van der Waals surface area contributed by atoms with Crippen molar-refractivity contribution in [1.29, 1.82) is 0 Å². The molecule has 0 bridgehead atoms. The Kier molecular flexibility index (Phi) is 5.52. The highest BCUT2D eigenvalue weighted by Crippen LogP contribution is 2.25. The van der Waals surface area contributed by atoms with Gasteiger partial charge >= 0.3 is 6.36 Å². The molecule has 0 amide bonds. The number of benzene rings is 2. The lowest BCUT2D eigenvalue weighted by Gasteiger charge is -2.11. The minimum absolute atomic E-state index is 0.359. The van der Waals surface area contributed by atoms with E-state index in [2.05, 4.69) is 9.46 Å². The van der Waals surface area contributed by atoms with Gasteiger partial charge in [0.1, 0.15) is 5.75 Å². The minimum atomic E-state index is -4.79. The number of nitrogens with one attached hydrogen (secondary N) is 1. The second kappa shape index (κ2) is 7.87. The standard InChI is InChI=1S/C18H13F3N2O4S/c19-18(20,21)27-16-8-6-15(7-9-16)23-11-13(3-10-17(23)24)12-1-4-14(5-2-12)22-28(25)26/h1-11,22H,(H,25,26). The van der Waals surface area contributed by atoms with Crippen molar-refractivity contribution in [3.8, 4) is 22.6 Å². The van der Waals surface area contributed by atoms with E-state index < -0.39 is 17.6 Å². The van der Waals surface area contributed by atoms with E-state index in [4.69, 9.17) is 4.55 Å². The maximum Gasteiger partial charge on any atom is 0.573 e.